The number of carboxylic acid groups (broad SMARTS) is 1. The topological polar surface area (TPSA) is 42.2 Å². The Kier molecular flexibility index (Phi) is 4.24. The fraction of sp³-hybridized carbons (Fsp3) is 0.211. The van der Waals surface area contributed by atoms with Crippen LogP contribution in [0.25, 0.3) is 10.8 Å². The van der Waals surface area contributed by atoms with E-state index in [1.165, 1.54) is 22.0 Å². The Bertz CT molecular complexity index is 774. The van der Waals surface area contributed by atoms with Crippen LogP contribution in [-0.4, -0.2) is 15.6 Å². The molecule has 0 bridgehead atoms. The molecule has 112 valence electrons. The van der Waals surface area contributed by atoms with Crippen molar-refractivity contribution in [1.82, 2.24) is 4.57 Å². The van der Waals surface area contributed by atoms with E-state index in [0.717, 1.165) is 13.0 Å². The number of carboxylic acids is 1. The molecule has 0 aliphatic carbocycles. The largest absolute Gasteiger partial charge is 0.481 e. The van der Waals surface area contributed by atoms with Crippen LogP contribution in [-0.2, 0) is 17.8 Å². The summed E-state index contributed by atoms with van der Waals surface area (Å²) < 4.78 is 2.21. The summed E-state index contributed by atoms with van der Waals surface area (Å²) in [5.74, 6) is -0.735. The maximum absolute atomic E-state index is 10.7. The van der Waals surface area contributed by atoms with Crippen LogP contribution in [0, 0.1) is 0 Å². The molecular formula is C19H19NO2. The number of hydrogen-bond acceptors (Lipinski definition) is 1. The van der Waals surface area contributed by atoms with Crippen LogP contribution in [0.4, 0.5) is 0 Å². The Hall–Kier alpha value is -2.55. The number of benzene rings is 2. The standard InChI is InChI=1S/C19H19NO2/c21-19(22)11-6-12-20-14-16-9-4-5-10-17(16)18(20)13-15-7-2-1-3-8-15/h1-5,7-10,14H,6,11-13H2,(H,21,22). The van der Waals surface area contributed by atoms with E-state index in [0.29, 0.717) is 6.42 Å². The molecule has 1 heterocycles. The fourth-order valence-corrected chi connectivity index (χ4v) is 2.86. The minimum Gasteiger partial charge on any atom is -0.481 e. The van der Waals surface area contributed by atoms with Gasteiger partial charge in [0.05, 0.1) is 0 Å². The van der Waals surface area contributed by atoms with Gasteiger partial charge in [0.25, 0.3) is 0 Å². The van der Waals surface area contributed by atoms with E-state index in [1.807, 2.05) is 12.1 Å². The zero-order chi connectivity index (χ0) is 15.4. The number of aliphatic carboxylic acids is 1. The smallest absolute Gasteiger partial charge is 0.303 e. The zero-order valence-electron chi connectivity index (χ0n) is 12.4. The van der Waals surface area contributed by atoms with E-state index in [2.05, 4.69) is 53.2 Å². The van der Waals surface area contributed by atoms with Gasteiger partial charge in [0, 0.05) is 36.7 Å². The predicted molar refractivity (Wildman–Crippen MR) is 88.1 cm³/mol. The van der Waals surface area contributed by atoms with E-state index in [1.54, 1.807) is 0 Å². The molecule has 2 aromatic carbocycles. The molecule has 0 fully saturated rings. The van der Waals surface area contributed by atoms with Crippen LogP contribution in [0.1, 0.15) is 24.1 Å². The monoisotopic (exact) mass is 293 g/mol. The quantitative estimate of drug-likeness (QED) is 0.743. The molecule has 1 aromatic heterocycles. The van der Waals surface area contributed by atoms with Crippen molar-refractivity contribution in [2.24, 2.45) is 0 Å². The van der Waals surface area contributed by atoms with E-state index < -0.39 is 5.97 Å². The number of rotatable bonds is 6. The van der Waals surface area contributed by atoms with Gasteiger partial charge in [-0.2, -0.15) is 0 Å². The van der Waals surface area contributed by atoms with Crippen molar-refractivity contribution >= 4 is 16.7 Å². The molecule has 0 saturated heterocycles. The molecule has 0 unspecified atom stereocenters. The highest BCUT2D eigenvalue weighted by Crippen LogP contribution is 2.24. The highest BCUT2D eigenvalue weighted by Gasteiger charge is 2.10. The summed E-state index contributed by atoms with van der Waals surface area (Å²) in [4.78, 5) is 10.7. The molecule has 0 aliphatic rings. The van der Waals surface area contributed by atoms with Crippen molar-refractivity contribution in [3.05, 3.63) is 72.1 Å². The van der Waals surface area contributed by atoms with Crippen molar-refractivity contribution in [2.45, 2.75) is 25.8 Å². The number of aryl methyl sites for hydroxylation is 1. The number of nitrogens with zero attached hydrogens (tertiary/aromatic N) is 1. The van der Waals surface area contributed by atoms with Gasteiger partial charge in [-0.15, -0.1) is 0 Å². The van der Waals surface area contributed by atoms with Gasteiger partial charge in [-0.1, -0.05) is 54.6 Å². The summed E-state index contributed by atoms with van der Waals surface area (Å²) >= 11 is 0. The van der Waals surface area contributed by atoms with Crippen LogP contribution in [0.2, 0.25) is 0 Å². The Balaban J connectivity index is 1.92. The van der Waals surface area contributed by atoms with Gasteiger partial charge in [-0.25, -0.2) is 0 Å². The first-order valence-electron chi connectivity index (χ1n) is 7.56. The minimum absolute atomic E-state index is 0.208. The molecular weight excluding hydrogens is 274 g/mol. The first kappa shape index (κ1) is 14.4. The Morgan fingerprint density at radius 1 is 1.00 bits per heavy atom. The summed E-state index contributed by atoms with van der Waals surface area (Å²) in [6.45, 7) is 0.739. The average molecular weight is 293 g/mol. The molecule has 0 radical (unpaired) electrons. The van der Waals surface area contributed by atoms with Gasteiger partial charge in [-0.3, -0.25) is 4.79 Å². The number of carbonyl (C=O) groups is 1. The highest BCUT2D eigenvalue weighted by molar-refractivity contribution is 5.85. The molecule has 3 heteroatoms. The fourth-order valence-electron chi connectivity index (χ4n) is 2.86. The van der Waals surface area contributed by atoms with Gasteiger partial charge < -0.3 is 9.67 Å². The normalized spacial score (nSPS) is 10.9. The third-order valence-electron chi connectivity index (χ3n) is 3.92. The van der Waals surface area contributed by atoms with Crippen LogP contribution < -0.4 is 0 Å². The van der Waals surface area contributed by atoms with Crippen molar-refractivity contribution in [2.75, 3.05) is 0 Å². The lowest BCUT2D eigenvalue weighted by atomic mass is 10.1. The summed E-state index contributed by atoms with van der Waals surface area (Å²) in [6.07, 6.45) is 3.86. The molecule has 0 atom stereocenters. The summed E-state index contributed by atoms with van der Waals surface area (Å²) in [7, 11) is 0. The summed E-state index contributed by atoms with van der Waals surface area (Å²) in [6, 6.07) is 18.7. The molecule has 3 nitrogen and oxygen atoms in total. The van der Waals surface area contributed by atoms with Gasteiger partial charge in [0.2, 0.25) is 0 Å². The predicted octanol–water partition coefficient (Wildman–Crippen LogP) is 4.10. The van der Waals surface area contributed by atoms with E-state index in [9.17, 15) is 4.79 Å². The maximum Gasteiger partial charge on any atom is 0.303 e. The number of fused-ring (bicyclic) bond motifs is 1. The second-order valence-corrected chi connectivity index (χ2v) is 5.52. The van der Waals surface area contributed by atoms with Gasteiger partial charge in [-0.05, 0) is 17.4 Å². The van der Waals surface area contributed by atoms with Crippen molar-refractivity contribution in [3.63, 3.8) is 0 Å². The summed E-state index contributed by atoms with van der Waals surface area (Å²) in [5.41, 5.74) is 2.53. The lowest BCUT2D eigenvalue weighted by Gasteiger charge is -2.09. The Labute approximate surface area is 129 Å². The van der Waals surface area contributed by atoms with Crippen molar-refractivity contribution < 1.29 is 9.90 Å². The summed E-state index contributed by atoms with van der Waals surface area (Å²) in [5, 5.41) is 11.3. The third-order valence-corrected chi connectivity index (χ3v) is 3.92. The Morgan fingerprint density at radius 2 is 1.73 bits per heavy atom. The van der Waals surface area contributed by atoms with Crippen LogP contribution in [0.3, 0.4) is 0 Å². The van der Waals surface area contributed by atoms with E-state index in [4.69, 9.17) is 5.11 Å². The van der Waals surface area contributed by atoms with Gasteiger partial charge >= 0.3 is 5.97 Å². The molecule has 3 aromatic rings. The SMILES string of the molecule is O=C(O)CCCn1cc2ccccc2c1Cc1ccccc1. The van der Waals surface area contributed by atoms with Crippen LogP contribution in [0.5, 0.6) is 0 Å². The lowest BCUT2D eigenvalue weighted by molar-refractivity contribution is -0.137. The molecule has 0 amide bonds. The molecule has 3 rings (SSSR count). The van der Waals surface area contributed by atoms with E-state index in [-0.39, 0.29) is 6.42 Å². The van der Waals surface area contributed by atoms with Crippen molar-refractivity contribution in [3.8, 4) is 0 Å². The van der Waals surface area contributed by atoms with E-state index >= 15 is 0 Å². The minimum atomic E-state index is -0.735. The molecule has 22 heavy (non-hydrogen) atoms. The molecule has 0 spiro atoms. The third kappa shape index (κ3) is 3.19. The zero-order valence-corrected chi connectivity index (χ0v) is 12.4. The van der Waals surface area contributed by atoms with Gasteiger partial charge in [0.15, 0.2) is 0 Å². The van der Waals surface area contributed by atoms with Crippen LogP contribution >= 0.6 is 0 Å². The lowest BCUT2D eigenvalue weighted by Crippen LogP contribution is -2.05. The highest BCUT2D eigenvalue weighted by atomic mass is 16.4. The number of aromatic nitrogens is 1. The molecule has 0 saturated carbocycles. The molecule has 0 aliphatic heterocycles. The van der Waals surface area contributed by atoms with Gasteiger partial charge in [0.1, 0.15) is 0 Å². The second kappa shape index (κ2) is 6.48. The van der Waals surface area contributed by atoms with Crippen molar-refractivity contribution in [1.29, 1.82) is 0 Å². The number of hydrogen-bond donors (Lipinski definition) is 1. The first-order chi connectivity index (χ1) is 10.7. The molecule has 1 N–H and O–H groups in total. The Morgan fingerprint density at radius 3 is 2.50 bits per heavy atom. The first-order valence-corrected chi connectivity index (χ1v) is 7.56. The average Bonchev–Trinajstić information content (AvgIpc) is 2.86. The second-order valence-electron chi connectivity index (χ2n) is 5.52. The maximum atomic E-state index is 10.7. The van der Waals surface area contributed by atoms with Crippen LogP contribution in [0.15, 0.2) is 60.8 Å².